The Morgan fingerprint density at radius 1 is 1.20 bits per heavy atom. The summed E-state index contributed by atoms with van der Waals surface area (Å²) in [5.41, 5.74) is 0. The predicted octanol–water partition coefficient (Wildman–Crippen LogP) is 2.93. The number of carbonyl (C=O) groups excluding carboxylic acids is 1. The van der Waals surface area contributed by atoms with Gasteiger partial charge in [-0.25, -0.2) is 0 Å². The standard InChI is InChI=1S/C12H24O3/c1-4-6-7-8-9-14-10-12(5-2)15-11(3)13/h12H,4-10H2,1-3H3. The second-order valence-electron chi connectivity index (χ2n) is 3.78. The summed E-state index contributed by atoms with van der Waals surface area (Å²) in [7, 11) is 0. The van der Waals surface area contributed by atoms with Gasteiger partial charge in [-0.05, 0) is 12.8 Å². The third kappa shape index (κ3) is 9.73. The van der Waals surface area contributed by atoms with Crippen LogP contribution in [0, 0.1) is 0 Å². The zero-order valence-electron chi connectivity index (χ0n) is 10.3. The summed E-state index contributed by atoms with van der Waals surface area (Å²) < 4.78 is 10.5. The minimum Gasteiger partial charge on any atom is -0.460 e. The minimum absolute atomic E-state index is 0.0753. The Balaban J connectivity index is 3.34. The van der Waals surface area contributed by atoms with Crippen LogP contribution in [-0.2, 0) is 14.3 Å². The fourth-order valence-electron chi connectivity index (χ4n) is 1.32. The molecule has 0 N–H and O–H groups in total. The zero-order valence-corrected chi connectivity index (χ0v) is 10.3. The second kappa shape index (κ2) is 9.97. The minimum atomic E-state index is -0.226. The number of carbonyl (C=O) groups is 1. The summed E-state index contributed by atoms with van der Waals surface area (Å²) in [5.74, 6) is -0.226. The Labute approximate surface area is 93.1 Å². The maximum absolute atomic E-state index is 10.7. The summed E-state index contributed by atoms with van der Waals surface area (Å²) in [6.07, 6.45) is 5.57. The monoisotopic (exact) mass is 216 g/mol. The third-order valence-corrected chi connectivity index (χ3v) is 2.23. The third-order valence-electron chi connectivity index (χ3n) is 2.23. The molecule has 0 amide bonds. The molecular weight excluding hydrogens is 192 g/mol. The van der Waals surface area contributed by atoms with Crippen LogP contribution in [0.1, 0.15) is 52.9 Å². The van der Waals surface area contributed by atoms with Crippen LogP contribution in [0.5, 0.6) is 0 Å². The number of ether oxygens (including phenoxy) is 2. The van der Waals surface area contributed by atoms with Gasteiger partial charge in [0, 0.05) is 13.5 Å². The highest BCUT2D eigenvalue weighted by molar-refractivity contribution is 5.66. The molecule has 3 heteroatoms. The molecule has 0 aliphatic carbocycles. The first-order chi connectivity index (χ1) is 7.20. The number of hydrogen-bond donors (Lipinski definition) is 0. The number of rotatable bonds is 9. The van der Waals surface area contributed by atoms with Crippen molar-refractivity contribution in [2.75, 3.05) is 13.2 Å². The molecule has 0 spiro atoms. The Kier molecular flexibility index (Phi) is 9.59. The number of unbranched alkanes of at least 4 members (excludes halogenated alkanes) is 3. The average Bonchev–Trinajstić information content (AvgIpc) is 2.20. The van der Waals surface area contributed by atoms with Gasteiger partial charge in [0.05, 0.1) is 6.61 Å². The molecular formula is C12H24O3. The van der Waals surface area contributed by atoms with E-state index in [1.807, 2.05) is 6.92 Å². The van der Waals surface area contributed by atoms with Crippen LogP contribution < -0.4 is 0 Å². The summed E-state index contributed by atoms with van der Waals surface area (Å²) in [6.45, 7) is 6.92. The van der Waals surface area contributed by atoms with Gasteiger partial charge in [0.15, 0.2) is 0 Å². The van der Waals surface area contributed by atoms with E-state index in [4.69, 9.17) is 9.47 Å². The summed E-state index contributed by atoms with van der Waals surface area (Å²) in [6, 6.07) is 0. The van der Waals surface area contributed by atoms with Crippen molar-refractivity contribution in [3.8, 4) is 0 Å². The van der Waals surface area contributed by atoms with Crippen LogP contribution in [0.3, 0.4) is 0 Å². The van der Waals surface area contributed by atoms with Crippen molar-refractivity contribution in [3.05, 3.63) is 0 Å². The molecule has 0 saturated carbocycles. The maximum atomic E-state index is 10.7. The molecule has 1 atom stereocenters. The fourth-order valence-corrected chi connectivity index (χ4v) is 1.32. The lowest BCUT2D eigenvalue weighted by Gasteiger charge is -2.14. The summed E-state index contributed by atoms with van der Waals surface area (Å²) in [4.78, 5) is 10.7. The molecule has 0 aliphatic heterocycles. The molecule has 3 nitrogen and oxygen atoms in total. The Morgan fingerprint density at radius 3 is 2.47 bits per heavy atom. The van der Waals surface area contributed by atoms with Crippen LogP contribution in [0.15, 0.2) is 0 Å². The maximum Gasteiger partial charge on any atom is 0.302 e. The van der Waals surface area contributed by atoms with Gasteiger partial charge in [0.1, 0.15) is 6.10 Å². The quantitative estimate of drug-likeness (QED) is 0.439. The van der Waals surface area contributed by atoms with Gasteiger partial charge in [0.25, 0.3) is 0 Å². The van der Waals surface area contributed by atoms with Crippen LogP contribution >= 0.6 is 0 Å². The molecule has 0 radical (unpaired) electrons. The Bertz CT molecular complexity index is 157. The van der Waals surface area contributed by atoms with Gasteiger partial charge >= 0.3 is 5.97 Å². The molecule has 0 fully saturated rings. The van der Waals surface area contributed by atoms with Crippen molar-refractivity contribution in [3.63, 3.8) is 0 Å². The van der Waals surface area contributed by atoms with E-state index in [1.165, 1.54) is 26.2 Å². The molecule has 0 heterocycles. The second-order valence-corrected chi connectivity index (χ2v) is 3.78. The van der Waals surface area contributed by atoms with Crippen molar-refractivity contribution >= 4 is 5.97 Å². The van der Waals surface area contributed by atoms with E-state index < -0.39 is 0 Å². The largest absolute Gasteiger partial charge is 0.460 e. The number of hydrogen-bond acceptors (Lipinski definition) is 3. The first kappa shape index (κ1) is 14.4. The van der Waals surface area contributed by atoms with Gasteiger partial charge in [-0.1, -0.05) is 33.1 Å². The smallest absolute Gasteiger partial charge is 0.302 e. The molecule has 0 aromatic heterocycles. The molecule has 15 heavy (non-hydrogen) atoms. The lowest BCUT2D eigenvalue weighted by molar-refractivity contribution is -0.149. The fraction of sp³-hybridized carbons (Fsp3) is 0.917. The van der Waals surface area contributed by atoms with Gasteiger partial charge in [-0.15, -0.1) is 0 Å². The van der Waals surface area contributed by atoms with Gasteiger partial charge in [-0.2, -0.15) is 0 Å². The summed E-state index contributed by atoms with van der Waals surface area (Å²) >= 11 is 0. The number of esters is 1. The Morgan fingerprint density at radius 2 is 1.93 bits per heavy atom. The van der Waals surface area contributed by atoms with Crippen LogP contribution in [0.25, 0.3) is 0 Å². The topological polar surface area (TPSA) is 35.5 Å². The molecule has 1 unspecified atom stereocenters. The van der Waals surface area contributed by atoms with Gasteiger partial charge in [-0.3, -0.25) is 4.79 Å². The van der Waals surface area contributed by atoms with E-state index in [9.17, 15) is 4.79 Å². The normalized spacial score (nSPS) is 12.5. The highest BCUT2D eigenvalue weighted by Crippen LogP contribution is 2.02. The molecule has 0 rings (SSSR count). The highest BCUT2D eigenvalue weighted by atomic mass is 16.6. The molecule has 0 aromatic carbocycles. The van der Waals surface area contributed by atoms with Crippen LogP contribution in [-0.4, -0.2) is 25.3 Å². The van der Waals surface area contributed by atoms with Crippen LogP contribution in [0.4, 0.5) is 0 Å². The van der Waals surface area contributed by atoms with E-state index >= 15 is 0 Å². The van der Waals surface area contributed by atoms with Crippen molar-refractivity contribution in [1.29, 1.82) is 0 Å². The van der Waals surface area contributed by atoms with Gasteiger partial charge < -0.3 is 9.47 Å². The van der Waals surface area contributed by atoms with Crippen molar-refractivity contribution < 1.29 is 14.3 Å². The summed E-state index contributed by atoms with van der Waals surface area (Å²) in [5, 5.41) is 0. The van der Waals surface area contributed by atoms with E-state index in [2.05, 4.69) is 6.92 Å². The molecule has 0 aromatic rings. The van der Waals surface area contributed by atoms with Crippen molar-refractivity contribution in [1.82, 2.24) is 0 Å². The molecule has 90 valence electrons. The lowest BCUT2D eigenvalue weighted by atomic mass is 10.2. The van der Waals surface area contributed by atoms with E-state index in [-0.39, 0.29) is 12.1 Å². The molecule has 0 saturated heterocycles. The van der Waals surface area contributed by atoms with E-state index in [1.54, 1.807) is 0 Å². The van der Waals surface area contributed by atoms with Gasteiger partial charge in [0.2, 0.25) is 0 Å². The lowest BCUT2D eigenvalue weighted by Crippen LogP contribution is -2.21. The average molecular weight is 216 g/mol. The molecule has 0 aliphatic rings. The van der Waals surface area contributed by atoms with Crippen molar-refractivity contribution in [2.24, 2.45) is 0 Å². The Hall–Kier alpha value is -0.570. The van der Waals surface area contributed by atoms with Crippen molar-refractivity contribution in [2.45, 2.75) is 59.0 Å². The predicted molar refractivity (Wildman–Crippen MR) is 60.8 cm³/mol. The van der Waals surface area contributed by atoms with E-state index in [0.29, 0.717) is 6.61 Å². The zero-order chi connectivity index (χ0) is 11.5. The SMILES string of the molecule is CCCCCCOCC(CC)OC(C)=O. The first-order valence-corrected chi connectivity index (χ1v) is 5.95. The van der Waals surface area contributed by atoms with Crippen LogP contribution in [0.2, 0.25) is 0 Å². The highest BCUT2D eigenvalue weighted by Gasteiger charge is 2.08. The van der Waals surface area contributed by atoms with E-state index in [0.717, 1.165) is 19.4 Å². The molecule has 0 bridgehead atoms. The first-order valence-electron chi connectivity index (χ1n) is 5.95.